The highest BCUT2D eigenvalue weighted by atomic mass is 32.2. The van der Waals surface area contributed by atoms with Crippen molar-refractivity contribution in [2.45, 2.75) is 23.8 Å². The van der Waals surface area contributed by atoms with Gasteiger partial charge in [0.05, 0.1) is 35.9 Å². The van der Waals surface area contributed by atoms with Crippen molar-refractivity contribution in [2.75, 3.05) is 19.5 Å². The lowest BCUT2D eigenvalue weighted by molar-refractivity contribution is 0.1000. The molecule has 0 atom stereocenters. The zero-order valence-electron chi connectivity index (χ0n) is 23.0. The summed E-state index contributed by atoms with van der Waals surface area (Å²) in [6.45, 7) is 0. The number of rotatable bonds is 11. The molecule has 1 amide bonds. The zero-order chi connectivity index (χ0) is 29.1. The van der Waals surface area contributed by atoms with Crippen molar-refractivity contribution in [1.82, 2.24) is 19.7 Å². The lowest BCUT2D eigenvalue weighted by Gasteiger charge is -2.16. The molecule has 0 unspecified atom stereocenters. The van der Waals surface area contributed by atoms with Gasteiger partial charge in [-0.25, -0.2) is 4.98 Å². The van der Waals surface area contributed by atoms with Crippen LogP contribution in [0.25, 0.3) is 22.0 Å². The number of primary amides is 1. The van der Waals surface area contributed by atoms with Crippen LogP contribution < -0.4 is 30.0 Å². The standard InChI is InChI=1S/C31H28N6O4S/c1-39-30-25(16-34-31(36-30)40-2)18-9-12-24-26(14-18)33-17-27(42-37-20-10-11-20)28(24)35-21-6-4-8-23(15-21)41-22-7-3-5-19(13-22)29(32)38/h3-9,12-17,20,37H,10-11H2,1-2H3,(H2,32,38)(H,33,35). The maximum Gasteiger partial charge on any atom is 0.319 e. The summed E-state index contributed by atoms with van der Waals surface area (Å²) >= 11 is 1.57. The maximum atomic E-state index is 11.6. The molecule has 0 saturated heterocycles. The van der Waals surface area contributed by atoms with Crippen LogP contribution in [0.4, 0.5) is 11.4 Å². The van der Waals surface area contributed by atoms with Crippen molar-refractivity contribution in [3.8, 4) is 34.5 Å². The molecule has 0 bridgehead atoms. The van der Waals surface area contributed by atoms with E-state index in [1.165, 1.54) is 20.0 Å². The van der Waals surface area contributed by atoms with Gasteiger partial charge in [-0.2, -0.15) is 4.98 Å². The molecule has 42 heavy (non-hydrogen) atoms. The summed E-state index contributed by atoms with van der Waals surface area (Å²) in [6, 6.07) is 21.2. The van der Waals surface area contributed by atoms with Crippen LogP contribution in [-0.2, 0) is 0 Å². The molecule has 212 valence electrons. The Morgan fingerprint density at radius 1 is 0.952 bits per heavy atom. The maximum absolute atomic E-state index is 11.6. The summed E-state index contributed by atoms with van der Waals surface area (Å²) in [7, 11) is 3.08. The number of nitrogens with one attached hydrogen (secondary N) is 2. The molecule has 3 aromatic carbocycles. The second-order valence-corrected chi connectivity index (χ2v) is 10.5. The van der Waals surface area contributed by atoms with Gasteiger partial charge >= 0.3 is 6.01 Å². The summed E-state index contributed by atoms with van der Waals surface area (Å²) in [4.78, 5) is 25.9. The molecule has 11 heteroatoms. The normalized spacial score (nSPS) is 12.6. The number of methoxy groups -OCH3 is 2. The highest BCUT2D eigenvalue weighted by Gasteiger charge is 2.22. The quantitative estimate of drug-likeness (QED) is 0.157. The van der Waals surface area contributed by atoms with E-state index in [-0.39, 0.29) is 6.01 Å². The molecule has 0 spiro atoms. The number of benzene rings is 3. The van der Waals surface area contributed by atoms with E-state index in [0.29, 0.717) is 29.0 Å². The predicted octanol–water partition coefficient (Wildman–Crippen LogP) is 6.10. The molecule has 1 fully saturated rings. The number of carbonyl (C=O) groups excluding carboxylic acids is 1. The van der Waals surface area contributed by atoms with E-state index in [1.54, 1.807) is 49.5 Å². The van der Waals surface area contributed by atoms with Crippen molar-refractivity contribution in [2.24, 2.45) is 5.73 Å². The highest BCUT2D eigenvalue weighted by Crippen LogP contribution is 2.39. The number of pyridine rings is 1. The van der Waals surface area contributed by atoms with E-state index >= 15 is 0 Å². The molecule has 0 radical (unpaired) electrons. The number of fused-ring (bicyclic) bond motifs is 1. The number of ether oxygens (including phenoxy) is 3. The topological polar surface area (TPSA) is 134 Å². The minimum Gasteiger partial charge on any atom is -0.480 e. The van der Waals surface area contributed by atoms with Crippen molar-refractivity contribution >= 4 is 40.1 Å². The number of anilines is 2. The van der Waals surface area contributed by atoms with Gasteiger partial charge in [-0.1, -0.05) is 24.3 Å². The van der Waals surface area contributed by atoms with Crippen molar-refractivity contribution in [3.63, 3.8) is 0 Å². The highest BCUT2D eigenvalue weighted by molar-refractivity contribution is 7.97. The van der Waals surface area contributed by atoms with E-state index in [9.17, 15) is 4.79 Å². The van der Waals surface area contributed by atoms with E-state index in [0.717, 1.165) is 38.3 Å². The molecule has 6 rings (SSSR count). The van der Waals surface area contributed by atoms with E-state index in [2.05, 4.69) is 20.0 Å². The third-order valence-corrected chi connectivity index (χ3v) is 7.60. The molecule has 1 aliphatic carbocycles. The number of nitrogens with zero attached hydrogens (tertiary/aromatic N) is 3. The minimum absolute atomic E-state index is 0.234. The van der Waals surface area contributed by atoms with Crippen LogP contribution in [-0.4, -0.2) is 41.1 Å². The summed E-state index contributed by atoms with van der Waals surface area (Å²) in [5.41, 5.74) is 9.94. The first-order valence-corrected chi connectivity index (χ1v) is 14.1. The lowest BCUT2D eigenvalue weighted by atomic mass is 10.0. The molecular formula is C31H28N6O4S. The average molecular weight is 581 g/mol. The molecule has 1 saturated carbocycles. The van der Waals surface area contributed by atoms with Gasteiger partial charge in [0, 0.05) is 41.1 Å². The summed E-state index contributed by atoms with van der Waals surface area (Å²) in [5, 5.41) is 4.53. The van der Waals surface area contributed by atoms with Gasteiger partial charge in [0.25, 0.3) is 0 Å². The van der Waals surface area contributed by atoms with Crippen LogP contribution in [0.1, 0.15) is 23.2 Å². The fourth-order valence-electron chi connectivity index (χ4n) is 4.33. The van der Waals surface area contributed by atoms with E-state index in [1.807, 2.05) is 48.7 Å². The Labute approximate surface area is 246 Å². The first kappa shape index (κ1) is 27.3. The number of hydrogen-bond acceptors (Lipinski definition) is 10. The number of nitrogens with two attached hydrogens (primary N) is 1. The van der Waals surface area contributed by atoms with Gasteiger partial charge in [0.1, 0.15) is 11.5 Å². The molecule has 0 aliphatic heterocycles. The Morgan fingerprint density at radius 2 is 1.76 bits per heavy atom. The Balaban J connectivity index is 1.34. The van der Waals surface area contributed by atoms with Crippen molar-refractivity contribution < 1.29 is 19.0 Å². The second-order valence-electron chi connectivity index (χ2n) is 9.65. The predicted molar refractivity (Wildman–Crippen MR) is 163 cm³/mol. The second kappa shape index (κ2) is 11.9. The SMILES string of the molecule is COc1ncc(-c2ccc3c(Nc4cccc(Oc5cccc(C(N)=O)c5)c4)c(SNC4CC4)cnc3c2)c(OC)n1. The monoisotopic (exact) mass is 580 g/mol. The van der Waals surface area contributed by atoms with Gasteiger partial charge in [0.15, 0.2) is 0 Å². The van der Waals surface area contributed by atoms with Crippen LogP contribution in [0.3, 0.4) is 0 Å². The Hall–Kier alpha value is -4.87. The Bertz CT molecular complexity index is 1780. The number of carbonyl (C=O) groups is 1. The van der Waals surface area contributed by atoms with Crippen molar-refractivity contribution in [3.05, 3.63) is 84.7 Å². The van der Waals surface area contributed by atoms with Crippen LogP contribution in [0, 0.1) is 0 Å². The van der Waals surface area contributed by atoms with Gasteiger partial charge in [-0.3, -0.25) is 14.5 Å². The van der Waals surface area contributed by atoms with Gasteiger partial charge in [0.2, 0.25) is 11.8 Å². The van der Waals surface area contributed by atoms with Crippen LogP contribution in [0.15, 0.2) is 84.0 Å². The first-order valence-electron chi connectivity index (χ1n) is 13.3. The third-order valence-electron chi connectivity index (χ3n) is 6.62. The Morgan fingerprint density at radius 3 is 2.52 bits per heavy atom. The smallest absolute Gasteiger partial charge is 0.319 e. The molecule has 5 aromatic rings. The number of aromatic nitrogens is 3. The van der Waals surface area contributed by atoms with Crippen molar-refractivity contribution in [1.29, 1.82) is 0 Å². The van der Waals surface area contributed by atoms with E-state index in [4.69, 9.17) is 24.9 Å². The van der Waals surface area contributed by atoms with Crippen LogP contribution in [0.5, 0.6) is 23.4 Å². The lowest BCUT2D eigenvalue weighted by Crippen LogP contribution is -2.10. The van der Waals surface area contributed by atoms with Gasteiger partial charge in [-0.05, 0) is 66.8 Å². The molecule has 2 heterocycles. The summed E-state index contributed by atoms with van der Waals surface area (Å²) in [5.74, 6) is 1.04. The minimum atomic E-state index is -0.508. The summed E-state index contributed by atoms with van der Waals surface area (Å²) in [6.07, 6.45) is 5.88. The molecule has 10 nitrogen and oxygen atoms in total. The molecular weight excluding hydrogens is 552 g/mol. The largest absolute Gasteiger partial charge is 0.480 e. The van der Waals surface area contributed by atoms with Crippen LogP contribution >= 0.6 is 11.9 Å². The average Bonchev–Trinajstić information content (AvgIpc) is 3.85. The Kier molecular flexibility index (Phi) is 7.76. The first-order chi connectivity index (χ1) is 20.5. The van der Waals surface area contributed by atoms with Gasteiger partial charge < -0.3 is 25.3 Å². The van der Waals surface area contributed by atoms with E-state index < -0.39 is 5.91 Å². The number of amides is 1. The fraction of sp³-hybridized carbons (Fsp3) is 0.161. The van der Waals surface area contributed by atoms with Crippen LogP contribution in [0.2, 0.25) is 0 Å². The molecule has 2 aromatic heterocycles. The molecule has 1 aliphatic rings. The van der Waals surface area contributed by atoms with Gasteiger partial charge in [-0.15, -0.1) is 0 Å². The number of hydrogen-bond donors (Lipinski definition) is 3. The third kappa shape index (κ3) is 6.07. The fourth-order valence-corrected chi connectivity index (χ4v) is 5.23. The zero-order valence-corrected chi connectivity index (χ0v) is 23.8. The summed E-state index contributed by atoms with van der Waals surface area (Å²) < 4.78 is 20.2. The molecule has 4 N–H and O–H groups in total.